The minimum absolute atomic E-state index is 0. The first-order valence-electron chi connectivity index (χ1n) is 16.4. The summed E-state index contributed by atoms with van der Waals surface area (Å²) in [7, 11) is 0. The van der Waals surface area contributed by atoms with E-state index in [1.165, 1.54) is 17.0 Å². The van der Waals surface area contributed by atoms with Crippen LogP contribution in [-0.4, -0.2) is 15.9 Å². The molecule has 0 saturated carbocycles. The zero-order valence-corrected chi connectivity index (χ0v) is 31.6. The van der Waals surface area contributed by atoms with E-state index in [-0.39, 0.29) is 47.9 Å². The second kappa shape index (κ2) is 14.7. The van der Waals surface area contributed by atoms with Gasteiger partial charge < -0.3 is 9.52 Å². The van der Waals surface area contributed by atoms with Gasteiger partial charge >= 0.3 is 0 Å². The second-order valence-electron chi connectivity index (χ2n) is 13.9. The molecule has 2 heterocycles. The van der Waals surface area contributed by atoms with E-state index < -0.39 is 0 Å². The third kappa shape index (κ3) is 7.48. The molecule has 247 valence electrons. The van der Waals surface area contributed by atoms with Crippen molar-refractivity contribution in [3.8, 4) is 11.3 Å². The first kappa shape index (κ1) is 37.2. The number of benzene rings is 3. The summed E-state index contributed by atoms with van der Waals surface area (Å²) in [5.74, 6) is 1.18. The number of hydrogen-bond acceptors (Lipinski definition) is 4. The summed E-state index contributed by atoms with van der Waals surface area (Å²) in [6.07, 6.45) is 4.75. The number of rotatable bonds is 8. The number of aryl methyl sites for hydroxylation is 1. The summed E-state index contributed by atoms with van der Waals surface area (Å²) < 4.78 is 6.07. The van der Waals surface area contributed by atoms with E-state index in [9.17, 15) is 9.90 Å². The van der Waals surface area contributed by atoms with Crippen molar-refractivity contribution < 1.29 is 34.4 Å². The van der Waals surface area contributed by atoms with Gasteiger partial charge in [0.25, 0.3) is 0 Å². The maximum absolute atomic E-state index is 12.2. The molecule has 0 unspecified atom stereocenters. The third-order valence-corrected chi connectivity index (χ3v) is 9.93. The van der Waals surface area contributed by atoms with Crippen LogP contribution in [0.5, 0.6) is 0 Å². The van der Waals surface area contributed by atoms with Gasteiger partial charge in [-0.15, -0.1) is 29.1 Å². The molecule has 1 radical (unpaired) electrons. The molecule has 0 spiro atoms. The number of nitrogens with zero attached hydrogens (tertiary/aromatic N) is 1. The molecule has 0 aliphatic carbocycles. The predicted molar refractivity (Wildman–Crippen MR) is 190 cm³/mol. The van der Waals surface area contributed by atoms with Gasteiger partial charge in [-0.2, -0.15) is 0 Å². The Morgan fingerprint density at radius 2 is 1.39 bits per heavy atom. The third-order valence-electron chi connectivity index (χ3n) is 9.93. The molecule has 5 aromatic rings. The van der Waals surface area contributed by atoms with Gasteiger partial charge in [-0.25, -0.2) is 0 Å². The predicted octanol–water partition coefficient (Wildman–Crippen LogP) is 11.9. The number of aliphatic hydroxyl groups excluding tert-OH is 1. The number of allylic oxidation sites excluding steroid dienone is 2. The minimum Gasteiger partial charge on any atom is -0.512 e. The van der Waals surface area contributed by atoms with E-state index in [0.29, 0.717) is 0 Å². The van der Waals surface area contributed by atoms with Gasteiger partial charge in [-0.3, -0.25) is 9.78 Å². The van der Waals surface area contributed by atoms with Crippen molar-refractivity contribution in [3.63, 3.8) is 0 Å². The molecule has 0 amide bonds. The Labute approximate surface area is 289 Å². The number of carbonyl (C=O) groups is 1. The van der Waals surface area contributed by atoms with Crippen molar-refractivity contribution in [1.29, 1.82) is 0 Å². The van der Waals surface area contributed by atoms with Crippen molar-refractivity contribution in [1.82, 2.24) is 4.98 Å². The van der Waals surface area contributed by atoms with Crippen LogP contribution in [-0.2, 0) is 30.3 Å². The van der Waals surface area contributed by atoms with Gasteiger partial charge in [-0.05, 0) is 56.2 Å². The first-order valence-corrected chi connectivity index (χ1v) is 16.4. The van der Waals surface area contributed by atoms with E-state index >= 15 is 0 Å². The summed E-state index contributed by atoms with van der Waals surface area (Å²) in [6, 6.07) is 24.6. The van der Waals surface area contributed by atoms with Gasteiger partial charge in [0.05, 0.1) is 5.52 Å². The summed E-state index contributed by atoms with van der Waals surface area (Å²) >= 11 is 0. The largest absolute Gasteiger partial charge is 0.512 e. The SMILES string of the molecule is CCC(C)(CC)C(=O)/C=C(\O)C(C)(CC)CC.Cc1cc2c(-c3[c-]c4ccccc4c(C(C)(C)C)c3)nc3ccccc3c2o1.[Ir]. The molecular formula is C41H50IrNO3-. The van der Waals surface area contributed by atoms with Crippen molar-refractivity contribution in [2.75, 3.05) is 0 Å². The topological polar surface area (TPSA) is 63.3 Å². The number of aliphatic hydroxyl groups is 1. The van der Waals surface area contributed by atoms with E-state index in [2.05, 4.69) is 69.3 Å². The fraction of sp³-hybridized carbons (Fsp3) is 0.415. The molecule has 5 rings (SSSR count). The van der Waals surface area contributed by atoms with E-state index in [0.717, 1.165) is 70.0 Å². The average molecular weight is 797 g/mol. The Morgan fingerprint density at radius 3 is 1.98 bits per heavy atom. The maximum atomic E-state index is 12.2. The van der Waals surface area contributed by atoms with Crippen LogP contribution in [0.3, 0.4) is 0 Å². The van der Waals surface area contributed by atoms with E-state index in [4.69, 9.17) is 9.40 Å². The Bertz CT molecular complexity index is 1850. The molecule has 0 aliphatic rings. The molecular weight excluding hydrogens is 747 g/mol. The summed E-state index contributed by atoms with van der Waals surface area (Å²) in [5, 5.41) is 14.6. The van der Waals surface area contributed by atoms with Crippen LogP contribution >= 0.6 is 0 Å². The molecule has 46 heavy (non-hydrogen) atoms. The molecule has 1 N–H and O–H groups in total. The average Bonchev–Trinajstić information content (AvgIpc) is 3.44. The van der Waals surface area contributed by atoms with Gasteiger partial charge in [0.15, 0.2) is 5.78 Å². The number of pyridine rings is 1. The monoisotopic (exact) mass is 797 g/mol. The number of aromatic nitrogens is 1. The number of furan rings is 1. The summed E-state index contributed by atoms with van der Waals surface area (Å²) in [5.41, 5.74) is 4.51. The van der Waals surface area contributed by atoms with Crippen LogP contribution < -0.4 is 0 Å². The Balaban J connectivity index is 0.000000280. The number of carbonyl (C=O) groups excluding carboxylic acids is 1. The van der Waals surface area contributed by atoms with Crippen molar-refractivity contribution in [3.05, 3.63) is 89.9 Å². The quantitative estimate of drug-likeness (QED) is 0.0965. The molecule has 4 nitrogen and oxygen atoms in total. The molecule has 0 fully saturated rings. The van der Waals surface area contributed by atoms with Crippen molar-refractivity contribution in [2.45, 2.75) is 100 Å². The molecule has 0 bridgehead atoms. The van der Waals surface area contributed by atoms with Crippen LogP contribution in [0.15, 0.2) is 76.9 Å². The standard InChI is InChI=1S/C26H22NO.C15H28O2.Ir/c1-16-13-21-24(27-23-12-8-7-11-20(23)25(21)28-16)18-14-17-9-5-6-10-19(17)22(15-18)26(2,3)4;1-7-14(5,8-2)12(16)11-13(17)15(6,9-3)10-4;/h5-13,15H,1-4H3;11,16H,7-10H2,1-6H3;/q-1;;/b;12-11-;. The smallest absolute Gasteiger partial charge is 0.164 e. The Hall–Kier alpha value is -3.27. The molecule has 5 heteroatoms. The zero-order chi connectivity index (χ0) is 33.2. The van der Waals surface area contributed by atoms with Crippen molar-refractivity contribution in [2.24, 2.45) is 10.8 Å². The second-order valence-corrected chi connectivity index (χ2v) is 13.9. The minimum atomic E-state index is -0.337. The molecule has 2 aromatic heterocycles. The molecule has 3 aromatic carbocycles. The molecule has 0 aliphatic heterocycles. The number of para-hydroxylation sites is 1. The van der Waals surface area contributed by atoms with Crippen LogP contribution in [0, 0.1) is 23.8 Å². The Kier molecular flexibility index (Phi) is 11.8. The summed E-state index contributed by atoms with van der Waals surface area (Å²) in [4.78, 5) is 17.2. The number of hydrogen-bond donors (Lipinski definition) is 1. The normalized spacial score (nSPS) is 12.6. The Morgan fingerprint density at radius 1 is 0.826 bits per heavy atom. The van der Waals surface area contributed by atoms with Crippen LogP contribution in [0.2, 0.25) is 0 Å². The molecule has 0 atom stereocenters. The van der Waals surface area contributed by atoms with Gasteiger partial charge in [0.1, 0.15) is 17.1 Å². The van der Waals surface area contributed by atoms with E-state index in [1.807, 2.05) is 66.7 Å². The number of fused-ring (bicyclic) bond motifs is 4. The fourth-order valence-electron chi connectivity index (χ4n) is 5.70. The van der Waals surface area contributed by atoms with Crippen LogP contribution in [0.4, 0.5) is 0 Å². The number of ketones is 1. The van der Waals surface area contributed by atoms with Crippen LogP contribution in [0.25, 0.3) is 43.9 Å². The summed E-state index contributed by atoms with van der Waals surface area (Å²) in [6.45, 7) is 20.8. The van der Waals surface area contributed by atoms with Crippen LogP contribution in [0.1, 0.15) is 99.3 Å². The fourth-order valence-corrected chi connectivity index (χ4v) is 5.70. The zero-order valence-electron chi connectivity index (χ0n) is 29.2. The van der Waals surface area contributed by atoms with Gasteiger partial charge in [-0.1, -0.05) is 104 Å². The van der Waals surface area contributed by atoms with E-state index in [1.54, 1.807) is 0 Å². The maximum Gasteiger partial charge on any atom is 0.164 e. The molecule has 0 saturated heterocycles. The van der Waals surface area contributed by atoms with Gasteiger partial charge in [0.2, 0.25) is 0 Å². The van der Waals surface area contributed by atoms with Crippen molar-refractivity contribution >= 4 is 38.4 Å². The first-order chi connectivity index (χ1) is 21.2. The van der Waals surface area contributed by atoms with Gasteiger partial charge in [0, 0.05) is 53.5 Å².